The Kier molecular flexibility index (Phi) is 6.60. The lowest BCUT2D eigenvalue weighted by Gasteiger charge is -2.34. The number of hydrogen-bond donors (Lipinski definition) is 2. The number of β-amino-alcohol motifs (C(OH)–C–C–N with tert-alkyl or cyclic N) is 1. The number of anilines is 1. The molecule has 0 spiro atoms. The number of piperidine rings is 2. The fraction of sp³-hybridized carbons (Fsp3) is 0.393. The quantitative estimate of drug-likeness (QED) is 0.621. The van der Waals surface area contributed by atoms with E-state index in [0.717, 1.165) is 51.9 Å². The molecule has 1 atom stereocenters. The standard InChI is InChI=1S/C28H33N3O2/c32-26-8-4-16-31(20-26)28(33)22-10-12-25(13-11-22)30-17-14-24(15-18-30)29-19-23-7-3-6-21-5-1-2-9-27(21)23/h1-3,5-7,9-13,24,26,29,32H,4,8,14-20H2. The molecule has 2 saturated heterocycles. The van der Waals surface area contributed by atoms with Crippen LogP contribution in [0.1, 0.15) is 41.6 Å². The Morgan fingerprint density at radius 1 is 0.909 bits per heavy atom. The first-order valence-electron chi connectivity index (χ1n) is 12.2. The molecule has 5 nitrogen and oxygen atoms in total. The summed E-state index contributed by atoms with van der Waals surface area (Å²) in [6, 6.07) is 23.6. The molecule has 0 radical (unpaired) electrons. The van der Waals surface area contributed by atoms with Gasteiger partial charge in [-0.15, -0.1) is 0 Å². The molecule has 0 bridgehead atoms. The summed E-state index contributed by atoms with van der Waals surface area (Å²) in [5.74, 6) is 0.0247. The number of nitrogens with zero attached hydrogens (tertiary/aromatic N) is 2. The molecule has 5 rings (SSSR count). The molecule has 1 amide bonds. The topological polar surface area (TPSA) is 55.8 Å². The predicted molar refractivity (Wildman–Crippen MR) is 134 cm³/mol. The SMILES string of the molecule is O=C(c1ccc(N2CCC(NCc3cccc4ccccc34)CC2)cc1)N1CCCC(O)C1. The van der Waals surface area contributed by atoms with Gasteiger partial charge in [-0.1, -0.05) is 42.5 Å². The number of carbonyl (C=O) groups excluding carboxylic acids is 1. The van der Waals surface area contributed by atoms with E-state index in [1.54, 1.807) is 4.90 Å². The van der Waals surface area contributed by atoms with Crippen molar-refractivity contribution in [1.82, 2.24) is 10.2 Å². The molecule has 172 valence electrons. The van der Waals surface area contributed by atoms with Gasteiger partial charge >= 0.3 is 0 Å². The number of rotatable bonds is 5. The second kappa shape index (κ2) is 9.94. The highest BCUT2D eigenvalue weighted by molar-refractivity contribution is 5.94. The highest BCUT2D eigenvalue weighted by atomic mass is 16.3. The minimum atomic E-state index is -0.391. The van der Waals surface area contributed by atoms with Crippen molar-refractivity contribution in [3.63, 3.8) is 0 Å². The minimum absolute atomic E-state index is 0.0247. The Hall–Kier alpha value is -2.89. The molecule has 0 saturated carbocycles. The van der Waals surface area contributed by atoms with Crippen molar-refractivity contribution in [3.8, 4) is 0 Å². The van der Waals surface area contributed by atoms with E-state index in [9.17, 15) is 9.90 Å². The van der Waals surface area contributed by atoms with Gasteiger partial charge in [0.2, 0.25) is 0 Å². The zero-order valence-corrected chi connectivity index (χ0v) is 19.1. The van der Waals surface area contributed by atoms with Gasteiger partial charge in [0, 0.05) is 50.0 Å². The summed E-state index contributed by atoms with van der Waals surface area (Å²) in [6.45, 7) is 4.10. The van der Waals surface area contributed by atoms with Crippen LogP contribution < -0.4 is 10.2 Å². The van der Waals surface area contributed by atoms with E-state index in [2.05, 4.69) is 64.8 Å². The van der Waals surface area contributed by atoms with Crippen LogP contribution in [0, 0.1) is 0 Å². The molecule has 2 fully saturated rings. The van der Waals surface area contributed by atoms with Gasteiger partial charge in [-0.3, -0.25) is 4.79 Å². The fourth-order valence-electron chi connectivity index (χ4n) is 5.18. The van der Waals surface area contributed by atoms with E-state index in [0.29, 0.717) is 18.2 Å². The molecule has 0 aromatic heterocycles. The molecule has 1 unspecified atom stereocenters. The summed E-state index contributed by atoms with van der Waals surface area (Å²) >= 11 is 0. The maximum absolute atomic E-state index is 12.7. The maximum atomic E-state index is 12.7. The molecule has 2 aliphatic rings. The normalized spacial score (nSPS) is 19.7. The summed E-state index contributed by atoms with van der Waals surface area (Å²) < 4.78 is 0. The summed E-state index contributed by atoms with van der Waals surface area (Å²) in [5.41, 5.74) is 3.24. The second-order valence-corrected chi connectivity index (χ2v) is 9.37. The number of aliphatic hydroxyl groups excluding tert-OH is 1. The van der Waals surface area contributed by atoms with Crippen LogP contribution in [0.25, 0.3) is 10.8 Å². The van der Waals surface area contributed by atoms with E-state index >= 15 is 0 Å². The fourth-order valence-corrected chi connectivity index (χ4v) is 5.18. The van der Waals surface area contributed by atoms with E-state index in [-0.39, 0.29) is 5.91 Å². The van der Waals surface area contributed by atoms with Crippen molar-refractivity contribution in [2.24, 2.45) is 0 Å². The van der Waals surface area contributed by atoms with Crippen molar-refractivity contribution in [2.45, 2.75) is 44.4 Å². The van der Waals surface area contributed by atoms with Gasteiger partial charge in [0.05, 0.1) is 6.10 Å². The van der Waals surface area contributed by atoms with Crippen LogP contribution in [0.15, 0.2) is 66.7 Å². The Morgan fingerprint density at radius 2 is 1.67 bits per heavy atom. The Labute approximate surface area is 196 Å². The van der Waals surface area contributed by atoms with Gasteiger partial charge in [0.15, 0.2) is 0 Å². The Balaban J connectivity index is 1.14. The average Bonchev–Trinajstić information content (AvgIpc) is 2.87. The van der Waals surface area contributed by atoms with Gasteiger partial charge in [0.25, 0.3) is 5.91 Å². The van der Waals surface area contributed by atoms with Gasteiger partial charge in [-0.2, -0.15) is 0 Å². The van der Waals surface area contributed by atoms with Crippen molar-refractivity contribution in [1.29, 1.82) is 0 Å². The minimum Gasteiger partial charge on any atom is -0.391 e. The first-order chi connectivity index (χ1) is 16.2. The first kappa shape index (κ1) is 21.9. The lowest BCUT2D eigenvalue weighted by molar-refractivity contribution is 0.0474. The average molecular weight is 444 g/mol. The van der Waals surface area contributed by atoms with E-state index in [1.807, 2.05) is 12.1 Å². The molecule has 2 aliphatic heterocycles. The third kappa shape index (κ3) is 5.05. The lowest BCUT2D eigenvalue weighted by atomic mass is 10.0. The summed E-state index contributed by atoms with van der Waals surface area (Å²) in [4.78, 5) is 16.9. The zero-order chi connectivity index (χ0) is 22.6. The van der Waals surface area contributed by atoms with E-state index in [1.165, 1.54) is 22.0 Å². The smallest absolute Gasteiger partial charge is 0.253 e. The Bertz CT molecular complexity index is 1080. The second-order valence-electron chi connectivity index (χ2n) is 9.37. The zero-order valence-electron chi connectivity index (χ0n) is 19.1. The van der Waals surface area contributed by atoms with Crippen LogP contribution in [0.5, 0.6) is 0 Å². The van der Waals surface area contributed by atoms with Gasteiger partial charge < -0.3 is 20.2 Å². The van der Waals surface area contributed by atoms with E-state index in [4.69, 9.17) is 0 Å². The highest BCUT2D eigenvalue weighted by Gasteiger charge is 2.24. The molecule has 5 heteroatoms. The highest BCUT2D eigenvalue weighted by Crippen LogP contribution is 2.23. The Morgan fingerprint density at radius 3 is 2.45 bits per heavy atom. The third-order valence-electron chi connectivity index (χ3n) is 7.12. The number of fused-ring (bicyclic) bond motifs is 1. The van der Waals surface area contributed by atoms with Crippen LogP contribution >= 0.6 is 0 Å². The van der Waals surface area contributed by atoms with Crippen molar-refractivity contribution in [3.05, 3.63) is 77.9 Å². The molecule has 2 N–H and O–H groups in total. The largest absolute Gasteiger partial charge is 0.391 e. The van der Waals surface area contributed by atoms with Crippen LogP contribution in [0.3, 0.4) is 0 Å². The molecule has 0 aliphatic carbocycles. The monoisotopic (exact) mass is 443 g/mol. The molecular formula is C28H33N3O2. The van der Waals surface area contributed by atoms with Crippen LogP contribution in [0.2, 0.25) is 0 Å². The number of aliphatic hydroxyl groups is 1. The summed E-state index contributed by atoms with van der Waals surface area (Å²) in [7, 11) is 0. The number of carbonyl (C=O) groups is 1. The number of nitrogens with one attached hydrogen (secondary N) is 1. The van der Waals surface area contributed by atoms with Crippen LogP contribution in [0.4, 0.5) is 5.69 Å². The molecule has 3 aromatic rings. The van der Waals surface area contributed by atoms with Gasteiger partial charge in [-0.05, 0) is 66.3 Å². The van der Waals surface area contributed by atoms with Crippen molar-refractivity contribution < 1.29 is 9.90 Å². The molecular weight excluding hydrogens is 410 g/mol. The number of amides is 1. The molecule has 2 heterocycles. The number of hydrogen-bond acceptors (Lipinski definition) is 4. The van der Waals surface area contributed by atoms with Gasteiger partial charge in [0.1, 0.15) is 0 Å². The first-order valence-corrected chi connectivity index (χ1v) is 12.2. The predicted octanol–water partition coefficient (Wildman–Crippen LogP) is 4.20. The van der Waals surface area contributed by atoms with Crippen LogP contribution in [-0.2, 0) is 6.54 Å². The van der Waals surface area contributed by atoms with Crippen molar-refractivity contribution in [2.75, 3.05) is 31.1 Å². The number of benzene rings is 3. The molecule has 3 aromatic carbocycles. The van der Waals surface area contributed by atoms with E-state index < -0.39 is 6.10 Å². The maximum Gasteiger partial charge on any atom is 0.253 e. The summed E-state index contributed by atoms with van der Waals surface area (Å²) in [5, 5.41) is 16.3. The lowest BCUT2D eigenvalue weighted by Crippen LogP contribution is -2.42. The molecule has 33 heavy (non-hydrogen) atoms. The van der Waals surface area contributed by atoms with Gasteiger partial charge in [-0.25, -0.2) is 0 Å². The number of likely N-dealkylation sites (tertiary alicyclic amines) is 1. The van der Waals surface area contributed by atoms with Crippen LogP contribution in [-0.4, -0.2) is 54.2 Å². The van der Waals surface area contributed by atoms with Crippen molar-refractivity contribution >= 4 is 22.4 Å². The summed E-state index contributed by atoms with van der Waals surface area (Å²) in [6.07, 6.45) is 3.48. The third-order valence-corrected chi connectivity index (χ3v) is 7.12.